The Labute approximate surface area is 122 Å². The molecule has 0 aliphatic heterocycles. The van der Waals surface area contributed by atoms with Crippen LogP contribution in [-0.4, -0.2) is 31.6 Å². The molecule has 0 radical (unpaired) electrons. The third-order valence-corrected chi connectivity index (χ3v) is 2.86. The molecule has 0 aliphatic carbocycles. The maximum absolute atomic E-state index is 11.3. The molecule has 4 heteroatoms. The van der Waals surface area contributed by atoms with Gasteiger partial charge in [0.25, 0.3) is 0 Å². The van der Waals surface area contributed by atoms with E-state index >= 15 is 0 Å². The lowest BCUT2D eigenvalue weighted by Gasteiger charge is -2.04. The van der Waals surface area contributed by atoms with Gasteiger partial charge in [-0.3, -0.25) is 9.59 Å². The van der Waals surface area contributed by atoms with Gasteiger partial charge in [0, 0.05) is 6.61 Å². The molecular weight excluding hydrogens is 256 g/mol. The molecule has 116 valence electrons. The van der Waals surface area contributed by atoms with Gasteiger partial charge in [-0.2, -0.15) is 0 Å². The second-order valence-corrected chi connectivity index (χ2v) is 4.77. The molecule has 0 N–H and O–H groups in total. The molecule has 0 aliphatic rings. The van der Waals surface area contributed by atoms with Crippen LogP contribution >= 0.6 is 0 Å². The second-order valence-electron chi connectivity index (χ2n) is 4.77. The van der Waals surface area contributed by atoms with Crippen LogP contribution in [0.2, 0.25) is 0 Å². The SMILES string of the molecule is C=CCCCCCCCCOCC(=O)CC(=O)OCC. The van der Waals surface area contributed by atoms with Crippen molar-refractivity contribution >= 4 is 11.8 Å². The smallest absolute Gasteiger partial charge is 0.313 e. The molecule has 0 heterocycles. The van der Waals surface area contributed by atoms with E-state index in [-0.39, 0.29) is 18.8 Å². The number of carbonyl (C=O) groups is 2. The van der Waals surface area contributed by atoms with E-state index in [1.54, 1.807) is 6.92 Å². The van der Waals surface area contributed by atoms with Gasteiger partial charge in [-0.15, -0.1) is 6.58 Å². The molecule has 0 saturated carbocycles. The summed E-state index contributed by atoms with van der Waals surface area (Å²) in [6.45, 7) is 6.32. The minimum atomic E-state index is -0.472. The maximum atomic E-state index is 11.3. The van der Waals surface area contributed by atoms with Gasteiger partial charge in [-0.1, -0.05) is 31.8 Å². The van der Waals surface area contributed by atoms with Gasteiger partial charge < -0.3 is 9.47 Å². The van der Waals surface area contributed by atoms with Gasteiger partial charge in [0.05, 0.1) is 6.61 Å². The van der Waals surface area contributed by atoms with Crippen molar-refractivity contribution in [3.05, 3.63) is 12.7 Å². The summed E-state index contributed by atoms with van der Waals surface area (Å²) in [6, 6.07) is 0. The van der Waals surface area contributed by atoms with Crippen molar-refractivity contribution < 1.29 is 19.1 Å². The Kier molecular flexibility index (Phi) is 13.4. The van der Waals surface area contributed by atoms with Crippen LogP contribution in [-0.2, 0) is 19.1 Å². The van der Waals surface area contributed by atoms with E-state index in [9.17, 15) is 9.59 Å². The van der Waals surface area contributed by atoms with Crippen LogP contribution in [0.25, 0.3) is 0 Å². The van der Waals surface area contributed by atoms with E-state index < -0.39 is 5.97 Å². The summed E-state index contributed by atoms with van der Waals surface area (Å²) in [4.78, 5) is 22.4. The molecule has 0 atom stereocenters. The molecule has 0 saturated heterocycles. The average molecular weight is 284 g/mol. The molecule has 0 aromatic carbocycles. The largest absolute Gasteiger partial charge is 0.466 e. The Morgan fingerprint density at radius 1 is 1.05 bits per heavy atom. The number of carbonyl (C=O) groups excluding carboxylic acids is 2. The van der Waals surface area contributed by atoms with Crippen molar-refractivity contribution in [1.82, 2.24) is 0 Å². The predicted molar refractivity (Wildman–Crippen MR) is 79.6 cm³/mol. The fourth-order valence-electron chi connectivity index (χ4n) is 1.81. The molecule has 20 heavy (non-hydrogen) atoms. The number of hydrogen-bond donors (Lipinski definition) is 0. The van der Waals surface area contributed by atoms with Crippen molar-refractivity contribution in [2.75, 3.05) is 19.8 Å². The average Bonchev–Trinajstić information content (AvgIpc) is 2.41. The minimum Gasteiger partial charge on any atom is -0.466 e. The minimum absolute atomic E-state index is 0.0121. The highest BCUT2D eigenvalue weighted by Crippen LogP contribution is 2.07. The zero-order chi connectivity index (χ0) is 15.1. The Balaban J connectivity index is 3.25. The van der Waals surface area contributed by atoms with Crippen LogP contribution in [0.5, 0.6) is 0 Å². The van der Waals surface area contributed by atoms with Gasteiger partial charge in [0.15, 0.2) is 5.78 Å². The van der Waals surface area contributed by atoms with E-state index in [4.69, 9.17) is 9.47 Å². The van der Waals surface area contributed by atoms with Gasteiger partial charge in [-0.25, -0.2) is 0 Å². The van der Waals surface area contributed by atoms with Gasteiger partial charge >= 0.3 is 5.97 Å². The number of allylic oxidation sites excluding steroid dienone is 1. The number of rotatable bonds is 14. The molecule has 0 unspecified atom stereocenters. The standard InChI is InChI=1S/C16H28O4/c1-3-5-6-7-8-9-10-11-12-19-14-15(17)13-16(18)20-4-2/h3H,1,4-14H2,2H3. The lowest BCUT2D eigenvalue weighted by atomic mass is 10.1. The monoisotopic (exact) mass is 284 g/mol. The second kappa shape index (κ2) is 14.3. The summed E-state index contributed by atoms with van der Waals surface area (Å²) in [6.07, 6.45) is 9.90. The van der Waals surface area contributed by atoms with E-state index in [1.165, 1.54) is 25.7 Å². The zero-order valence-corrected chi connectivity index (χ0v) is 12.7. The van der Waals surface area contributed by atoms with E-state index in [0.717, 1.165) is 19.3 Å². The Hall–Kier alpha value is -1.16. The van der Waals surface area contributed by atoms with Crippen LogP contribution < -0.4 is 0 Å². The van der Waals surface area contributed by atoms with Crippen molar-refractivity contribution in [2.45, 2.75) is 58.3 Å². The fraction of sp³-hybridized carbons (Fsp3) is 0.750. The van der Waals surface area contributed by atoms with Crippen molar-refractivity contribution in [2.24, 2.45) is 0 Å². The summed E-state index contributed by atoms with van der Waals surface area (Å²) >= 11 is 0. The maximum Gasteiger partial charge on any atom is 0.313 e. The molecule has 0 fully saturated rings. The fourth-order valence-corrected chi connectivity index (χ4v) is 1.81. The van der Waals surface area contributed by atoms with Crippen molar-refractivity contribution in [3.8, 4) is 0 Å². The third kappa shape index (κ3) is 13.3. The lowest BCUT2D eigenvalue weighted by molar-refractivity contribution is -0.146. The number of ketones is 1. The van der Waals surface area contributed by atoms with Crippen LogP contribution in [0, 0.1) is 0 Å². The number of unbranched alkanes of at least 4 members (excludes halogenated alkanes) is 6. The lowest BCUT2D eigenvalue weighted by Crippen LogP contribution is -2.16. The van der Waals surface area contributed by atoms with E-state index in [1.807, 2.05) is 6.08 Å². The first-order valence-electron chi connectivity index (χ1n) is 7.56. The molecule has 0 aromatic heterocycles. The topological polar surface area (TPSA) is 52.6 Å². The molecular formula is C16H28O4. The highest BCUT2D eigenvalue weighted by molar-refractivity contribution is 5.96. The number of hydrogen-bond acceptors (Lipinski definition) is 4. The molecule has 0 aromatic rings. The molecule has 0 amide bonds. The van der Waals surface area contributed by atoms with E-state index in [0.29, 0.717) is 13.2 Å². The number of Topliss-reactive ketones (excluding diaryl/α,β-unsaturated/α-hetero) is 1. The number of ether oxygens (including phenoxy) is 2. The van der Waals surface area contributed by atoms with Crippen LogP contribution in [0.3, 0.4) is 0 Å². The first-order valence-corrected chi connectivity index (χ1v) is 7.56. The first kappa shape index (κ1) is 18.8. The summed E-state index contributed by atoms with van der Waals surface area (Å²) in [5.74, 6) is -0.687. The van der Waals surface area contributed by atoms with Crippen molar-refractivity contribution in [1.29, 1.82) is 0 Å². The van der Waals surface area contributed by atoms with Gasteiger partial charge in [0.1, 0.15) is 13.0 Å². The normalized spacial score (nSPS) is 10.2. The van der Waals surface area contributed by atoms with E-state index in [2.05, 4.69) is 6.58 Å². The first-order chi connectivity index (χ1) is 9.70. The molecule has 4 nitrogen and oxygen atoms in total. The quantitative estimate of drug-likeness (QED) is 0.212. The highest BCUT2D eigenvalue weighted by Gasteiger charge is 2.09. The van der Waals surface area contributed by atoms with Crippen LogP contribution in [0.15, 0.2) is 12.7 Å². The Morgan fingerprint density at radius 2 is 1.70 bits per heavy atom. The summed E-state index contributed by atoms with van der Waals surface area (Å²) in [7, 11) is 0. The van der Waals surface area contributed by atoms with Gasteiger partial charge in [-0.05, 0) is 26.2 Å². The number of esters is 1. The van der Waals surface area contributed by atoms with Crippen LogP contribution in [0.4, 0.5) is 0 Å². The van der Waals surface area contributed by atoms with Crippen LogP contribution in [0.1, 0.15) is 58.3 Å². The molecule has 0 rings (SSSR count). The van der Waals surface area contributed by atoms with Gasteiger partial charge in [0.2, 0.25) is 0 Å². The summed E-state index contributed by atoms with van der Waals surface area (Å²) in [5, 5.41) is 0. The molecule has 0 spiro atoms. The predicted octanol–water partition coefficient (Wildman–Crippen LogP) is 3.44. The Bertz CT molecular complexity index is 274. The Morgan fingerprint density at radius 3 is 2.35 bits per heavy atom. The summed E-state index contributed by atoms with van der Waals surface area (Å²) in [5.41, 5.74) is 0. The third-order valence-electron chi connectivity index (χ3n) is 2.86. The van der Waals surface area contributed by atoms with Crippen molar-refractivity contribution in [3.63, 3.8) is 0 Å². The molecule has 0 bridgehead atoms. The zero-order valence-electron chi connectivity index (χ0n) is 12.7. The highest BCUT2D eigenvalue weighted by atomic mass is 16.5. The summed E-state index contributed by atoms with van der Waals surface area (Å²) < 4.78 is 9.94.